The highest BCUT2D eigenvalue weighted by atomic mass is 79.9. The van der Waals surface area contributed by atoms with Crippen molar-refractivity contribution in [2.45, 2.75) is 5.03 Å². The number of rotatable bonds is 8. The maximum absolute atomic E-state index is 13.5. The SMILES string of the molecule is C[S+]([O-])CC(=O)NCCSc1nonc1-c1noc(=O)n1-c1ccc(F)c(Br)c1. The number of carbonyl (C=O) groups excluding carboxylic acids is 1. The highest BCUT2D eigenvalue weighted by molar-refractivity contribution is 9.10. The number of hydrogen-bond donors (Lipinski definition) is 1. The van der Waals surface area contributed by atoms with Gasteiger partial charge in [-0.15, -0.1) is 0 Å². The third-order valence-corrected chi connectivity index (χ3v) is 5.66. The van der Waals surface area contributed by atoms with Crippen LogP contribution in [0.2, 0.25) is 0 Å². The maximum Gasteiger partial charge on any atom is 0.446 e. The monoisotopic (exact) mass is 505 g/mol. The van der Waals surface area contributed by atoms with Gasteiger partial charge in [0.2, 0.25) is 5.82 Å². The van der Waals surface area contributed by atoms with Crippen molar-refractivity contribution in [3.8, 4) is 17.2 Å². The minimum atomic E-state index is -1.22. The van der Waals surface area contributed by atoms with Gasteiger partial charge in [-0.2, -0.15) is 0 Å². The normalized spacial score (nSPS) is 12.1. The van der Waals surface area contributed by atoms with Crippen molar-refractivity contribution >= 4 is 44.8 Å². The van der Waals surface area contributed by atoms with Gasteiger partial charge in [-0.25, -0.2) is 18.4 Å². The molecule has 0 fully saturated rings. The number of thioether (sulfide) groups is 1. The fourth-order valence-electron chi connectivity index (χ4n) is 2.24. The molecule has 14 heteroatoms. The summed E-state index contributed by atoms with van der Waals surface area (Å²) in [7, 11) is 0. The number of nitrogens with zero attached hydrogens (tertiary/aromatic N) is 4. The van der Waals surface area contributed by atoms with Crippen LogP contribution in [0, 0.1) is 5.82 Å². The van der Waals surface area contributed by atoms with E-state index in [0.717, 1.165) is 4.57 Å². The van der Waals surface area contributed by atoms with Crippen LogP contribution in [0.5, 0.6) is 0 Å². The van der Waals surface area contributed by atoms with E-state index in [4.69, 9.17) is 9.15 Å². The van der Waals surface area contributed by atoms with Gasteiger partial charge in [-0.3, -0.25) is 9.32 Å². The van der Waals surface area contributed by atoms with Gasteiger partial charge >= 0.3 is 5.76 Å². The molecule has 0 radical (unpaired) electrons. The molecule has 1 atom stereocenters. The number of aromatic nitrogens is 4. The molecule has 1 amide bonds. The van der Waals surface area contributed by atoms with Gasteiger partial charge in [-0.05, 0) is 55.6 Å². The largest absolute Gasteiger partial charge is 0.616 e. The molecule has 1 aromatic carbocycles. The molecule has 29 heavy (non-hydrogen) atoms. The Balaban J connectivity index is 1.77. The van der Waals surface area contributed by atoms with E-state index in [-0.39, 0.29) is 27.7 Å². The highest BCUT2D eigenvalue weighted by Crippen LogP contribution is 2.28. The Hall–Kier alpha value is -2.16. The predicted octanol–water partition coefficient (Wildman–Crippen LogP) is 1.36. The topological polar surface area (TPSA) is 139 Å². The van der Waals surface area contributed by atoms with Gasteiger partial charge in [0.15, 0.2) is 16.5 Å². The van der Waals surface area contributed by atoms with Gasteiger partial charge in [0, 0.05) is 12.3 Å². The van der Waals surface area contributed by atoms with Crippen LogP contribution in [-0.2, 0) is 16.0 Å². The summed E-state index contributed by atoms with van der Waals surface area (Å²) in [4.78, 5) is 23.6. The van der Waals surface area contributed by atoms with E-state index in [1.165, 1.54) is 36.2 Å². The molecule has 1 N–H and O–H groups in total. The Bertz CT molecular complexity index is 1070. The van der Waals surface area contributed by atoms with Crippen molar-refractivity contribution in [1.29, 1.82) is 0 Å². The van der Waals surface area contributed by atoms with Gasteiger partial charge in [0.25, 0.3) is 5.91 Å². The first-order valence-electron chi connectivity index (χ1n) is 7.93. The number of nitrogens with one attached hydrogen (secondary N) is 1. The minimum absolute atomic E-state index is 0.0303. The van der Waals surface area contributed by atoms with E-state index in [1.54, 1.807) is 0 Å². The maximum atomic E-state index is 13.5. The van der Waals surface area contributed by atoms with E-state index in [1.807, 2.05) is 0 Å². The lowest BCUT2D eigenvalue weighted by atomic mass is 10.3. The third kappa shape index (κ3) is 5.26. The highest BCUT2D eigenvalue weighted by Gasteiger charge is 2.23. The van der Waals surface area contributed by atoms with Gasteiger partial charge in [0.05, 0.1) is 16.4 Å². The second kappa shape index (κ2) is 9.56. The number of benzene rings is 1. The molecule has 1 unspecified atom stereocenters. The molecule has 0 aliphatic carbocycles. The van der Waals surface area contributed by atoms with Crippen LogP contribution in [0.25, 0.3) is 17.2 Å². The fraction of sp³-hybridized carbons (Fsp3) is 0.267. The van der Waals surface area contributed by atoms with Crippen molar-refractivity contribution < 1.29 is 22.9 Å². The van der Waals surface area contributed by atoms with Crippen LogP contribution in [0.4, 0.5) is 4.39 Å². The number of hydrogen-bond acceptors (Lipinski definition) is 9. The lowest BCUT2D eigenvalue weighted by Crippen LogP contribution is -2.31. The quantitative estimate of drug-likeness (QED) is 0.273. The zero-order valence-electron chi connectivity index (χ0n) is 14.8. The summed E-state index contributed by atoms with van der Waals surface area (Å²) in [6, 6.07) is 3.96. The number of amides is 1. The summed E-state index contributed by atoms with van der Waals surface area (Å²) >= 11 is 3.06. The summed E-state index contributed by atoms with van der Waals surface area (Å²) < 4.78 is 35.3. The molecule has 0 spiro atoms. The van der Waals surface area contributed by atoms with Crippen LogP contribution >= 0.6 is 27.7 Å². The second-order valence-electron chi connectivity index (χ2n) is 5.54. The van der Waals surface area contributed by atoms with Gasteiger partial charge < -0.3 is 9.87 Å². The predicted molar refractivity (Wildman–Crippen MR) is 106 cm³/mol. The minimum Gasteiger partial charge on any atom is -0.616 e. The molecule has 0 aliphatic heterocycles. The van der Waals surface area contributed by atoms with Gasteiger partial charge in [-0.1, -0.05) is 16.9 Å². The van der Waals surface area contributed by atoms with E-state index >= 15 is 0 Å². The van der Waals surface area contributed by atoms with E-state index in [9.17, 15) is 18.5 Å². The average Bonchev–Trinajstić information content (AvgIpc) is 3.26. The summed E-state index contributed by atoms with van der Waals surface area (Å²) in [5.41, 5.74) is 0.459. The molecule has 0 saturated carbocycles. The first-order chi connectivity index (χ1) is 13.9. The summed E-state index contributed by atoms with van der Waals surface area (Å²) in [5, 5.41) is 14.2. The molecule has 3 aromatic rings. The Labute approximate surface area is 178 Å². The standard InChI is InChI=1S/C15H13BrFN5O5S2/c1-29(25)7-11(23)18-4-5-28-14-12(19-27-21-14)13-20-26-15(24)22(13)8-2-3-10(17)9(16)6-8/h2-3,6H,4-5,7H2,1H3,(H,18,23). The molecule has 0 bridgehead atoms. The molecular formula is C15H13BrFN5O5S2. The Morgan fingerprint density at radius 3 is 2.93 bits per heavy atom. The van der Waals surface area contributed by atoms with Crippen molar-refractivity contribution in [1.82, 2.24) is 25.4 Å². The first kappa shape index (κ1) is 21.5. The van der Waals surface area contributed by atoms with E-state index in [0.29, 0.717) is 23.0 Å². The van der Waals surface area contributed by atoms with Crippen LogP contribution in [0.3, 0.4) is 0 Å². The molecule has 3 rings (SSSR count). The molecule has 2 heterocycles. The molecule has 2 aromatic heterocycles. The van der Waals surface area contributed by atoms with Crippen LogP contribution in [0.1, 0.15) is 0 Å². The molecule has 154 valence electrons. The van der Waals surface area contributed by atoms with E-state index < -0.39 is 22.7 Å². The lowest BCUT2D eigenvalue weighted by molar-refractivity contribution is -0.118. The van der Waals surface area contributed by atoms with Crippen LogP contribution in [0.15, 0.2) is 41.6 Å². The Morgan fingerprint density at radius 2 is 2.21 bits per heavy atom. The smallest absolute Gasteiger partial charge is 0.446 e. The van der Waals surface area contributed by atoms with Crippen molar-refractivity contribution in [3.05, 3.63) is 39.0 Å². The first-order valence-corrected chi connectivity index (χ1v) is 11.4. The van der Waals surface area contributed by atoms with Crippen LogP contribution < -0.4 is 11.1 Å². The summed E-state index contributed by atoms with van der Waals surface area (Å²) in [6.07, 6.45) is 1.44. The second-order valence-corrected chi connectivity index (χ2v) is 8.91. The third-order valence-electron chi connectivity index (χ3n) is 3.43. The van der Waals surface area contributed by atoms with Gasteiger partial charge in [0.1, 0.15) is 5.82 Å². The Kier molecular flexibility index (Phi) is 7.10. The average molecular weight is 506 g/mol. The number of carbonyl (C=O) groups is 1. The fourth-order valence-corrected chi connectivity index (χ4v) is 3.82. The summed E-state index contributed by atoms with van der Waals surface area (Å²) in [6.45, 7) is 0.295. The molecule has 0 aliphatic rings. The summed E-state index contributed by atoms with van der Waals surface area (Å²) in [5.74, 6) is -1.24. The van der Waals surface area contributed by atoms with E-state index in [2.05, 4.69) is 36.7 Å². The van der Waals surface area contributed by atoms with Crippen molar-refractivity contribution in [3.63, 3.8) is 0 Å². The lowest BCUT2D eigenvalue weighted by Gasteiger charge is -2.06. The zero-order chi connectivity index (χ0) is 21.0. The molecule has 10 nitrogen and oxygen atoms in total. The van der Waals surface area contributed by atoms with Crippen LogP contribution in [-0.4, -0.2) is 54.8 Å². The van der Waals surface area contributed by atoms with Crippen molar-refractivity contribution in [2.24, 2.45) is 0 Å². The Morgan fingerprint density at radius 1 is 1.41 bits per heavy atom. The van der Waals surface area contributed by atoms with Crippen molar-refractivity contribution in [2.75, 3.05) is 24.3 Å². The molecule has 0 saturated heterocycles. The molecular weight excluding hydrogens is 493 g/mol. The number of halogens is 2. The zero-order valence-corrected chi connectivity index (χ0v) is 18.0.